The average molecular weight is 526 g/mol. The number of para-hydroxylation sites is 1. The van der Waals surface area contributed by atoms with E-state index in [9.17, 15) is 19.5 Å². The van der Waals surface area contributed by atoms with Crippen LogP contribution in [-0.2, 0) is 14.3 Å². The predicted octanol–water partition coefficient (Wildman–Crippen LogP) is 5.05. The van der Waals surface area contributed by atoms with Crippen molar-refractivity contribution in [2.45, 2.75) is 79.5 Å². The summed E-state index contributed by atoms with van der Waals surface area (Å²) >= 11 is 0. The lowest BCUT2D eigenvalue weighted by Crippen LogP contribution is -2.53. The van der Waals surface area contributed by atoms with E-state index in [-0.39, 0.29) is 19.1 Å². The zero-order valence-corrected chi connectivity index (χ0v) is 23.9. The summed E-state index contributed by atoms with van der Waals surface area (Å²) in [5.41, 5.74) is 3.28. The Bertz CT molecular complexity index is 1120. The van der Waals surface area contributed by atoms with Crippen LogP contribution in [0.25, 0.3) is 0 Å². The molecular formula is C30H43N3O5. The van der Waals surface area contributed by atoms with Crippen molar-refractivity contribution >= 4 is 23.6 Å². The second-order valence-corrected chi connectivity index (χ2v) is 11.2. The van der Waals surface area contributed by atoms with E-state index in [1.54, 1.807) is 26.8 Å². The number of benzene rings is 2. The molecule has 2 aromatic carbocycles. The molecule has 2 rings (SSSR count). The first-order chi connectivity index (χ1) is 17.7. The summed E-state index contributed by atoms with van der Waals surface area (Å²) in [7, 11) is 0. The SMILES string of the molecule is Cc1ccc(C(C(=O)Nc2ccccc2C)N(CCO)C(=O)C(CC(C)C)NC(=O)OC(C)(C)C)c(C)c1. The molecule has 0 bridgehead atoms. The highest BCUT2D eigenvalue weighted by Crippen LogP contribution is 2.29. The van der Waals surface area contributed by atoms with Crippen LogP contribution in [0.3, 0.4) is 0 Å². The Labute approximate surface area is 226 Å². The fourth-order valence-electron chi connectivity index (χ4n) is 4.31. The third-order valence-electron chi connectivity index (χ3n) is 6.00. The van der Waals surface area contributed by atoms with E-state index in [0.717, 1.165) is 16.7 Å². The Morgan fingerprint density at radius 3 is 2.21 bits per heavy atom. The van der Waals surface area contributed by atoms with E-state index in [4.69, 9.17) is 4.74 Å². The maximum atomic E-state index is 14.1. The minimum absolute atomic E-state index is 0.0650. The third kappa shape index (κ3) is 8.87. The van der Waals surface area contributed by atoms with Crippen molar-refractivity contribution in [3.05, 3.63) is 64.7 Å². The van der Waals surface area contributed by atoms with Crippen molar-refractivity contribution in [1.82, 2.24) is 10.2 Å². The maximum absolute atomic E-state index is 14.1. The molecule has 8 heteroatoms. The highest BCUT2D eigenvalue weighted by atomic mass is 16.6. The topological polar surface area (TPSA) is 108 Å². The molecule has 2 aromatic rings. The minimum atomic E-state index is -1.04. The van der Waals surface area contributed by atoms with Crippen molar-refractivity contribution in [2.75, 3.05) is 18.5 Å². The summed E-state index contributed by atoms with van der Waals surface area (Å²) in [5.74, 6) is -0.813. The number of aliphatic hydroxyl groups excluding tert-OH is 1. The van der Waals surface area contributed by atoms with Gasteiger partial charge >= 0.3 is 6.09 Å². The summed E-state index contributed by atoms with van der Waals surface area (Å²) in [4.78, 5) is 41.9. The first kappa shape index (κ1) is 30.8. The van der Waals surface area contributed by atoms with Gasteiger partial charge < -0.3 is 25.4 Å². The molecule has 38 heavy (non-hydrogen) atoms. The van der Waals surface area contributed by atoms with E-state index in [1.807, 2.05) is 71.0 Å². The van der Waals surface area contributed by atoms with Crippen molar-refractivity contribution in [1.29, 1.82) is 0 Å². The van der Waals surface area contributed by atoms with Gasteiger partial charge in [-0.3, -0.25) is 9.59 Å². The molecule has 0 aromatic heterocycles. The van der Waals surface area contributed by atoms with Gasteiger partial charge in [-0.2, -0.15) is 0 Å². The van der Waals surface area contributed by atoms with Crippen LogP contribution in [0.5, 0.6) is 0 Å². The molecule has 0 saturated carbocycles. The monoisotopic (exact) mass is 525 g/mol. The van der Waals surface area contributed by atoms with Crippen molar-refractivity contribution in [2.24, 2.45) is 5.92 Å². The highest BCUT2D eigenvalue weighted by molar-refractivity contribution is 5.99. The summed E-state index contributed by atoms with van der Waals surface area (Å²) in [6, 6.07) is 11.1. The average Bonchev–Trinajstić information content (AvgIpc) is 2.79. The van der Waals surface area contributed by atoms with E-state index >= 15 is 0 Å². The Balaban J connectivity index is 2.55. The van der Waals surface area contributed by atoms with Crippen molar-refractivity contribution in [3.63, 3.8) is 0 Å². The smallest absolute Gasteiger partial charge is 0.408 e. The largest absolute Gasteiger partial charge is 0.444 e. The molecule has 2 unspecified atom stereocenters. The minimum Gasteiger partial charge on any atom is -0.444 e. The first-order valence-corrected chi connectivity index (χ1v) is 13.1. The van der Waals surface area contributed by atoms with Crippen LogP contribution in [0, 0.1) is 26.7 Å². The van der Waals surface area contributed by atoms with E-state index < -0.39 is 35.6 Å². The number of aryl methyl sites for hydroxylation is 3. The van der Waals surface area contributed by atoms with Crippen LogP contribution in [0.1, 0.15) is 69.3 Å². The lowest BCUT2D eigenvalue weighted by Gasteiger charge is -2.35. The van der Waals surface area contributed by atoms with Crippen molar-refractivity contribution in [3.8, 4) is 0 Å². The van der Waals surface area contributed by atoms with Gasteiger partial charge in [-0.05, 0) is 76.6 Å². The van der Waals surface area contributed by atoms with Gasteiger partial charge in [0.05, 0.1) is 6.61 Å². The number of nitrogens with one attached hydrogen (secondary N) is 2. The number of hydrogen-bond donors (Lipinski definition) is 3. The first-order valence-electron chi connectivity index (χ1n) is 13.1. The molecule has 0 heterocycles. The quantitative estimate of drug-likeness (QED) is 0.402. The summed E-state index contributed by atoms with van der Waals surface area (Å²) < 4.78 is 5.41. The van der Waals surface area contributed by atoms with Gasteiger partial charge in [0, 0.05) is 12.2 Å². The lowest BCUT2D eigenvalue weighted by atomic mass is 9.95. The Morgan fingerprint density at radius 1 is 1.00 bits per heavy atom. The van der Waals surface area contributed by atoms with Gasteiger partial charge in [-0.15, -0.1) is 0 Å². The van der Waals surface area contributed by atoms with Crippen LogP contribution in [0.4, 0.5) is 10.5 Å². The zero-order valence-electron chi connectivity index (χ0n) is 23.9. The fourth-order valence-corrected chi connectivity index (χ4v) is 4.31. The second-order valence-electron chi connectivity index (χ2n) is 11.2. The number of carbonyl (C=O) groups is 3. The van der Waals surface area contributed by atoms with Gasteiger partial charge in [0.1, 0.15) is 17.7 Å². The number of rotatable bonds is 10. The molecule has 0 spiro atoms. The lowest BCUT2D eigenvalue weighted by molar-refractivity contribution is -0.141. The molecular weight excluding hydrogens is 482 g/mol. The summed E-state index contributed by atoms with van der Waals surface area (Å²) in [5, 5.41) is 15.6. The second kappa shape index (κ2) is 13.4. The predicted molar refractivity (Wildman–Crippen MR) is 150 cm³/mol. The molecule has 0 aliphatic heterocycles. The fraction of sp³-hybridized carbons (Fsp3) is 0.500. The van der Waals surface area contributed by atoms with E-state index in [2.05, 4.69) is 10.6 Å². The van der Waals surface area contributed by atoms with Crippen LogP contribution < -0.4 is 10.6 Å². The van der Waals surface area contributed by atoms with Crippen LogP contribution in [0.2, 0.25) is 0 Å². The molecule has 8 nitrogen and oxygen atoms in total. The molecule has 3 amide bonds. The molecule has 0 fully saturated rings. The van der Waals surface area contributed by atoms with Crippen LogP contribution in [-0.4, -0.2) is 52.7 Å². The number of carbonyl (C=O) groups excluding carboxylic acids is 3. The molecule has 3 N–H and O–H groups in total. The summed E-state index contributed by atoms with van der Waals surface area (Å²) in [6.07, 6.45) is -0.383. The maximum Gasteiger partial charge on any atom is 0.408 e. The van der Waals surface area contributed by atoms with Gasteiger partial charge in [0.2, 0.25) is 5.91 Å². The number of ether oxygens (including phenoxy) is 1. The van der Waals surface area contributed by atoms with Gasteiger partial charge in [0.15, 0.2) is 0 Å². The number of alkyl carbamates (subject to hydrolysis) is 1. The normalized spacial score (nSPS) is 13.0. The molecule has 0 aliphatic carbocycles. The number of amides is 3. The summed E-state index contributed by atoms with van der Waals surface area (Å²) in [6.45, 7) is 14.4. The molecule has 0 radical (unpaired) electrons. The van der Waals surface area contributed by atoms with Gasteiger partial charge in [0.25, 0.3) is 5.91 Å². The molecule has 0 aliphatic rings. The van der Waals surface area contributed by atoms with Gasteiger partial charge in [-0.25, -0.2) is 4.79 Å². The molecule has 0 saturated heterocycles. The number of aliphatic hydroxyl groups is 1. The molecule has 2 atom stereocenters. The van der Waals surface area contributed by atoms with Crippen LogP contribution in [0.15, 0.2) is 42.5 Å². The van der Waals surface area contributed by atoms with Crippen molar-refractivity contribution < 1.29 is 24.2 Å². The standard InChI is InChI=1S/C30H43N3O5/c1-19(2)17-25(32-29(37)38-30(6,7)8)28(36)33(15-16-34)26(23-14-13-20(3)18-22(23)5)27(35)31-24-12-10-9-11-21(24)4/h9-14,18-19,25-26,34H,15-17H2,1-8H3,(H,31,35)(H,32,37). The Hall–Kier alpha value is -3.39. The molecule has 208 valence electrons. The van der Waals surface area contributed by atoms with E-state index in [0.29, 0.717) is 17.7 Å². The number of hydrogen-bond acceptors (Lipinski definition) is 5. The zero-order chi connectivity index (χ0) is 28.6. The Kier molecular flexibility index (Phi) is 10.9. The van der Waals surface area contributed by atoms with Gasteiger partial charge in [-0.1, -0.05) is 55.8 Å². The number of nitrogens with zero attached hydrogens (tertiary/aromatic N) is 1. The third-order valence-corrected chi connectivity index (χ3v) is 6.00. The highest BCUT2D eigenvalue weighted by Gasteiger charge is 2.37. The Morgan fingerprint density at radius 2 is 1.66 bits per heavy atom. The number of anilines is 1. The van der Waals surface area contributed by atoms with E-state index in [1.165, 1.54) is 4.90 Å². The van der Waals surface area contributed by atoms with Crippen LogP contribution >= 0.6 is 0 Å².